The predicted octanol–water partition coefficient (Wildman–Crippen LogP) is 0.333. The molecule has 1 fully saturated rings. The van der Waals surface area contributed by atoms with Gasteiger partial charge in [0.2, 0.25) is 0 Å². The fourth-order valence-electron chi connectivity index (χ4n) is 2.19. The number of rotatable bonds is 3. The van der Waals surface area contributed by atoms with E-state index in [1.54, 1.807) is 0 Å². The zero-order valence-corrected chi connectivity index (χ0v) is 10.9. The van der Waals surface area contributed by atoms with Crippen LogP contribution in [-0.4, -0.2) is 54.7 Å². The Kier molecular flexibility index (Phi) is 4.19. The molecule has 0 saturated carbocycles. The highest BCUT2D eigenvalue weighted by atomic mass is 19.1. The molecule has 1 heterocycles. The first-order valence-electron chi connectivity index (χ1n) is 6.13. The van der Waals surface area contributed by atoms with Gasteiger partial charge in [-0.2, -0.15) is 0 Å². The number of ether oxygens (including phenoxy) is 1. The maximum atomic E-state index is 13.9. The first-order chi connectivity index (χ1) is 9.56. The Balaban J connectivity index is 2.37. The molecule has 1 aromatic rings. The number of nitrogens with zero attached hydrogens (tertiary/aromatic N) is 1. The average molecular weight is 282 g/mol. The lowest BCUT2D eigenvalue weighted by Crippen LogP contribution is -2.57. The van der Waals surface area contributed by atoms with Crippen molar-refractivity contribution >= 4 is 11.9 Å². The van der Waals surface area contributed by atoms with Gasteiger partial charge in [-0.1, -0.05) is 6.07 Å². The second kappa shape index (κ2) is 5.87. The van der Waals surface area contributed by atoms with Gasteiger partial charge in [-0.15, -0.1) is 0 Å². The third kappa shape index (κ3) is 2.57. The summed E-state index contributed by atoms with van der Waals surface area (Å²) >= 11 is 0. The van der Waals surface area contributed by atoms with Gasteiger partial charge in [-0.25, -0.2) is 9.18 Å². The van der Waals surface area contributed by atoms with Crippen molar-refractivity contribution in [3.63, 3.8) is 0 Å². The van der Waals surface area contributed by atoms with Gasteiger partial charge < -0.3 is 20.1 Å². The summed E-state index contributed by atoms with van der Waals surface area (Å²) in [6.07, 6.45) is 0. The van der Waals surface area contributed by atoms with E-state index in [1.165, 1.54) is 19.2 Å². The van der Waals surface area contributed by atoms with Gasteiger partial charge in [0.1, 0.15) is 23.2 Å². The molecule has 0 aliphatic carbocycles. The van der Waals surface area contributed by atoms with Gasteiger partial charge in [0, 0.05) is 19.6 Å². The standard InChI is InChI=1S/C13H15FN2O4/c1-20-10-4-2-3-8(14)11(10)12(17)16-6-5-15-7-9(16)13(18)19/h2-4,9,15H,5-7H2,1H3,(H,18,19). The van der Waals surface area contributed by atoms with Crippen molar-refractivity contribution in [1.29, 1.82) is 0 Å². The molecule has 2 rings (SSSR count). The first kappa shape index (κ1) is 14.3. The maximum Gasteiger partial charge on any atom is 0.327 e. The SMILES string of the molecule is COc1cccc(F)c1C(=O)N1CCNCC1C(=O)O. The number of nitrogens with one attached hydrogen (secondary N) is 1. The summed E-state index contributed by atoms with van der Waals surface area (Å²) in [4.78, 5) is 24.8. The number of amides is 1. The summed E-state index contributed by atoms with van der Waals surface area (Å²) in [7, 11) is 1.33. The quantitative estimate of drug-likeness (QED) is 0.835. The van der Waals surface area contributed by atoms with Crippen LogP contribution in [0.25, 0.3) is 0 Å². The van der Waals surface area contributed by atoms with Gasteiger partial charge >= 0.3 is 5.97 Å². The van der Waals surface area contributed by atoms with E-state index in [0.717, 1.165) is 11.0 Å². The second-order valence-corrected chi connectivity index (χ2v) is 4.37. The molecule has 7 heteroatoms. The van der Waals surface area contributed by atoms with Crippen LogP contribution < -0.4 is 10.1 Å². The monoisotopic (exact) mass is 282 g/mol. The largest absolute Gasteiger partial charge is 0.496 e. The van der Waals surface area contributed by atoms with Crippen LogP contribution in [0.15, 0.2) is 18.2 Å². The molecule has 0 bridgehead atoms. The fourth-order valence-corrected chi connectivity index (χ4v) is 2.19. The number of carboxylic acids is 1. The summed E-state index contributed by atoms with van der Waals surface area (Å²) < 4.78 is 18.9. The number of carbonyl (C=O) groups is 2. The smallest absolute Gasteiger partial charge is 0.327 e. The van der Waals surface area contributed by atoms with E-state index in [-0.39, 0.29) is 24.4 Å². The van der Waals surface area contributed by atoms with Gasteiger partial charge in [0.15, 0.2) is 0 Å². The Morgan fingerprint density at radius 3 is 2.90 bits per heavy atom. The number of benzene rings is 1. The topological polar surface area (TPSA) is 78.9 Å². The molecule has 1 aliphatic rings. The Morgan fingerprint density at radius 2 is 2.25 bits per heavy atom. The number of carbonyl (C=O) groups excluding carboxylic acids is 1. The highest BCUT2D eigenvalue weighted by molar-refractivity contribution is 5.99. The van der Waals surface area contributed by atoms with Gasteiger partial charge in [-0.05, 0) is 12.1 Å². The van der Waals surface area contributed by atoms with Gasteiger partial charge in [-0.3, -0.25) is 4.79 Å². The normalized spacial score (nSPS) is 18.7. The van der Waals surface area contributed by atoms with Crippen molar-refractivity contribution in [3.05, 3.63) is 29.6 Å². The lowest BCUT2D eigenvalue weighted by atomic mass is 10.1. The van der Waals surface area contributed by atoms with E-state index in [0.29, 0.717) is 6.54 Å². The molecule has 1 aliphatic heterocycles. The van der Waals surface area contributed by atoms with Crippen molar-refractivity contribution in [1.82, 2.24) is 10.2 Å². The number of hydrogen-bond donors (Lipinski definition) is 2. The zero-order chi connectivity index (χ0) is 14.7. The molecule has 1 aromatic carbocycles. The van der Waals surface area contributed by atoms with Crippen LogP contribution in [0.4, 0.5) is 4.39 Å². The average Bonchev–Trinajstić information content (AvgIpc) is 2.46. The minimum absolute atomic E-state index is 0.0951. The molecular weight excluding hydrogens is 267 g/mol. The Morgan fingerprint density at radius 1 is 1.50 bits per heavy atom. The van der Waals surface area contributed by atoms with Crippen LogP contribution in [0.1, 0.15) is 10.4 Å². The number of hydrogen-bond acceptors (Lipinski definition) is 4. The van der Waals surface area contributed by atoms with Crippen molar-refractivity contribution < 1.29 is 23.8 Å². The fraction of sp³-hybridized carbons (Fsp3) is 0.385. The van der Waals surface area contributed by atoms with Crippen LogP contribution in [0, 0.1) is 5.82 Å². The van der Waals surface area contributed by atoms with E-state index < -0.39 is 23.7 Å². The number of aliphatic carboxylic acids is 1. The molecule has 20 heavy (non-hydrogen) atoms. The van der Waals surface area contributed by atoms with E-state index >= 15 is 0 Å². The summed E-state index contributed by atoms with van der Waals surface area (Å²) in [5, 5.41) is 12.0. The lowest BCUT2D eigenvalue weighted by Gasteiger charge is -2.33. The minimum Gasteiger partial charge on any atom is -0.496 e. The van der Waals surface area contributed by atoms with E-state index in [4.69, 9.17) is 9.84 Å². The molecule has 1 saturated heterocycles. The van der Waals surface area contributed by atoms with Crippen molar-refractivity contribution in [2.45, 2.75) is 6.04 Å². The first-order valence-corrected chi connectivity index (χ1v) is 6.13. The minimum atomic E-state index is -1.12. The van der Waals surface area contributed by atoms with E-state index in [2.05, 4.69) is 5.32 Å². The maximum absolute atomic E-state index is 13.9. The number of piperazine rings is 1. The lowest BCUT2D eigenvalue weighted by molar-refractivity contribution is -0.142. The van der Waals surface area contributed by atoms with Crippen molar-refractivity contribution in [2.24, 2.45) is 0 Å². The van der Waals surface area contributed by atoms with Gasteiger partial charge in [0.25, 0.3) is 5.91 Å². The zero-order valence-electron chi connectivity index (χ0n) is 10.9. The molecule has 6 nitrogen and oxygen atoms in total. The van der Waals surface area contributed by atoms with Crippen molar-refractivity contribution in [2.75, 3.05) is 26.7 Å². The molecule has 108 valence electrons. The Hall–Kier alpha value is -2.15. The van der Waals surface area contributed by atoms with E-state index in [1.807, 2.05) is 0 Å². The molecule has 2 N–H and O–H groups in total. The molecule has 1 unspecified atom stereocenters. The third-order valence-corrected chi connectivity index (χ3v) is 3.20. The molecule has 0 radical (unpaired) electrons. The Bertz CT molecular complexity index is 535. The number of halogens is 1. The van der Waals surface area contributed by atoms with Crippen LogP contribution in [0.5, 0.6) is 5.75 Å². The summed E-state index contributed by atoms with van der Waals surface area (Å²) in [5.74, 6) is -2.43. The third-order valence-electron chi connectivity index (χ3n) is 3.20. The van der Waals surface area contributed by atoms with Gasteiger partial charge in [0.05, 0.1) is 7.11 Å². The van der Waals surface area contributed by atoms with Crippen molar-refractivity contribution in [3.8, 4) is 5.75 Å². The molecule has 0 spiro atoms. The highest BCUT2D eigenvalue weighted by Crippen LogP contribution is 2.24. The summed E-state index contributed by atoms with van der Waals surface area (Å²) in [6, 6.07) is 3.03. The molecular formula is C13H15FN2O4. The number of carboxylic acid groups (broad SMARTS) is 1. The molecule has 1 atom stereocenters. The predicted molar refractivity (Wildman–Crippen MR) is 68.3 cm³/mol. The summed E-state index contributed by atoms with van der Waals surface area (Å²) in [5.41, 5.74) is -0.233. The number of methoxy groups -OCH3 is 1. The van der Waals surface area contributed by atoms with Crippen LogP contribution in [0.3, 0.4) is 0 Å². The van der Waals surface area contributed by atoms with E-state index in [9.17, 15) is 14.0 Å². The van der Waals surface area contributed by atoms with Crippen LogP contribution >= 0.6 is 0 Å². The summed E-state index contributed by atoms with van der Waals surface area (Å²) in [6.45, 7) is 0.803. The van der Waals surface area contributed by atoms with Crippen LogP contribution in [0.2, 0.25) is 0 Å². The highest BCUT2D eigenvalue weighted by Gasteiger charge is 2.34. The molecule has 1 amide bonds. The Labute approximate surface area is 115 Å². The molecule has 0 aromatic heterocycles. The van der Waals surface area contributed by atoms with Crippen LogP contribution in [-0.2, 0) is 4.79 Å². The second-order valence-electron chi connectivity index (χ2n) is 4.37.